The van der Waals surface area contributed by atoms with Crippen LogP contribution in [0.1, 0.15) is 40.5 Å². The molecule has 1 saturated heterocycles. The monoisotopic (exact) mass is 278 g/mol. The first kappa shape index (κ1) is 15.9. The molecule has 1 aliphatic rings. The molecule has 1 heterocycles. The molecule has 0 spiro atoms. The van der Waals surface area contributed by atoms with E-state index in [0.29, 0.717) is 13.1 Å². The summed E-state index contributed by atoms with van der Waals surface area (Å²) in [7, 11) is -3.44. The van der Waals surface area contributed by atoms with E-state index in [9.17, 15) is 8.42 Å². The van der Waals surface area contributed by atoms with Crippen LogP contribution in [0.25, 0.3) is 0 Å². The molecule has 0 bridgehead atoms. The number of rotatable bonds is 4. The largest absolute Gasteiger partial charge is 0.396 e. The van der Waals surface area contributed by atoms with Crippen LogP contribution in [0.5, 0.6) is 0 Å². The molecule has 0 radical (unpaired) electrons. The SMILES string of the molecule is CC(NS(=O)(=O)N1CCCC(CO)C1)C(C)(C)C. The van der Waals surface area contributed by atoms with Crippen molar-refractivity contribution in [2.75, 3.05) is 19.7 Å². The van der Waals surface area contributed by atoms with E-state index in [1.165, 1.54) is 4.31 Å². The Balaban J connectivity index is 2.69. The van der Waals surface area contributed by atoms with Gasteiger partial charge in [0.1, 0.15) is 0 Å². The highest BCUT2D eigenvalue weighted by atomic mass is 32.2. The van der Waals surface area contributed by atoms with Crippen LogP contribution in [-0.2, 0) is 10.2 Å². The van der Waals surface area contributed by atoms with Crippen LogP contribution in [0.4, 0.5) is 0 Å². The van der Waals surface area contributed by atoms with Gasteiger partial charge >= 0.3 is 0 Å². The average molecular weight is 278 g/mol. The lowest BCUT2D eigenvalue weighted by atomic mass is 9.89. The summed E-state index contributed by atoms with van der Waals surface area (Å²) < 4.78 is 28.7. The van der Waals surface area contributed by atoms with Gasteiger partial charge in [0.2, 0.25) is 0 Å². The lowest BCUT2D eigenvalue weighted by Gasteiger charge is -2.34. The third kappa shape index (κ3) is 4.19. The van der Waals surface area contributed by atoms with Crippen molar-refractivity contribution >= 4 is 10.2 Å². The number of nitrogens with zero attached hydrogens (tertiary/aromatic N) is 1. The molecule has 0 aromatic heterocycles. The van der Waals surface area contributed by atoms with Crippen molar-refractivity contribution in [3.05, 3.63) is 0 Å². The smallest absolute Gasteiger partial charge is 0.279 e. The topological polar surface area (TPSA) is 69.6 Å². The molecule has 0 saturated carbocycles. The molecule has 0 aliphatic carbocycles. The van der Waals surface area contributed by atoms with Crippen LogP contribution < -0.4 is 4.72 Å². The summed E-state index contributed by atoms with van der Waals surface area (Å²) in [4.78, 5) is 0. The Morgan fingerprint density at radius 3 is 2.56 bits per heavy atom. The van der Waals surface area contributed by atoms with Gasteiger partial charge in [-0.25, -0.2) is 0 Å². The zero-order valence-electron chi connectivity index (χ0n) is 11.8. The second kappa shape index (κ2) is 5.86. The fraction of sp³-hybridized carbons (Fsp3) is 1.00. The summed E-state index contributed by atoms with van der Waals surface area (Å²) >= 11 is 0. The second-order valence-corrected chi connectivity index (χ2v) is 7.96. The van der Waals surface area contributed by atoms with Crippen molar-refractivity contribution in [1.29, 1.82) is 0 Å². The third-order valence-corrected chi connectivity index (χ3v) is 5.37. The Labute approximate surface area is 111 Å². The Bertz CT molecular complexity index is 362. The minimum atomic E-state index is -3.44. The lowest BCUT2D eigenvalue weighted by Crippen LogP contribution is -2.51. The van der Waals surface area contributed by atoms with Gasteiger partial charge < -0.3 is 5.11 Å². The van der Waals surface area contributed by atoms with Crippen LogP contribution in [-0.4, -0.2) is 43.6 Å². The van der Waals surface area contributed by atoms with Crippen LogP contribution in [0.2, 0.25) is 0 Å². The van der Waals surface area contributed by atoms with Gasteiger partial charge in [-0.15, -0.1) is 0 Å². The van der Waals surface area contributed by atoms with Gasteiger partial charge in [-0.05, 0) is 31.1 Å². The number of hydrogen-bond donors (Lipinski definition) is 2. The quantitative estimate of drug-likeness (QED) is 0.805. The van der Waals surface area contributed by atoms with Gasteiger partial charge in [0.25, 0.3) is 10.2 Å². The molecule has 2 unspecified atom stereocenters. The molecule has 6 heteroatoms. The standard InChI is InChI=1S/C12H26N2O3S/c1-10(12(2,3)4)13-18(16,17)14-7-5-6-11(8-14)9-15/h10-11,13,15H,5-9H2,1-4H3. The van der Waals surface area contributed by atoms with Crippen LogP contribution in [0.3, 0.4) is 0 Å². The minimum Gasteiger partial charge on any atom is -0.396 e. The van der Waals surface area contributed by atoms with E-state index in [2.05, 4.69) is 4.72 Å². The summed E-state index contributed by atoms with van der Waals surface area (Å²) in [6.07, 6.45) is 1.72. The maximum absolute atomic E-state index is 12.2. The molecule has 0 aromatic carbocycles. The van der Waals surface area contributed by atoms with E-state index in [1.54, 1.807) is 0 Å². The first-order valence-electron chi connectivity index (χ1n) is 6.55. The molecule has 0 aromatic rings. The van der Waals surface area contributed by atoms with Crippen molar-refractivity contribution < 1.29 is 13.5 Å². The number of aliphatic hydroxyl groups is 1. The third-order valence-electron chi connectivity index (χ3n) is 3.70. The Morgan fingerprint density at radius 2 is 2.06 bits per heavy atom. The average Bonchev–Trinajstić information content (AvgIpc) is 2.27. The summed E-state index contributed by atoms with van der Waals surface area (Å²) in [5, 5.41) is 9.14. The van der Waals surface area contributed by atoms with Crippen molar-refractivity contribution in [2.24, 2.45) is 11.3 Å². The van der Waals surface area contributed by atoms with Crippen LogP contribution in [0, 0.1) is 11.3 Å². The Kier molecular flexibility index (Phi) is 5.17. The Hall–Kier alpha value is -0.170. The normalized spacial score (nSPS) is 25.1. The zero-order chi connectivity index (χ0) is 14.0. The highest BCUT2D eigenvalue weighted by molar-refractivity contribution is 7.87. The number of hydrogen-bond acceptors (Lipinski definition) is 3. The summed E-state index contributed by atoms with van der Waals surface area (Å²) in [5.74, 6) is 0.0697. The highest BCUT2D eigenvalue weighted by Crippen LogP contribution is 2.22. The van der Waals surface area contributed by atoms with Crippen LogP contribution in [0.15, 0.2) is 0 Å². The lowest BCUT2D eigenvalue weighted by molar-refractivity contribution is 0.163. The van der Waals surface area contributed by atoms with Gasteiger partial charge in [-0.2, -0.15) is 17.4 Å². The van der Waals surface area contributed by atoms with Crippen molar-refractivity contribution in [3.8, 4) is 0 Å². The van der Waals surface area contributed by atoms with E-state index in [-0.39, 0.29) is 24.0 Å². The maximum Gasteiger partial charge on any atom is 0.279 e. The van der Waals surface area contributed by atoms with Gasteiger partial charge in [0.15, 0.2) is 0 Å². The van der Waals surface area contributed by atoms with Gasteiger partial charge in [0, 0.05) is 25.7 Å². The molecule has 108 valence electrons. The first-order chi connectivity index (χ1) is 8.16. The molecule has 2 atom stereocenters. The number of aliphatic hydroxyl groups excluding tert-OH is 1. The van der Waals surface area contributed by atoms with E-state index in [4.69, 9.17) is 5.11 Å². The molecule has 18 heavy (non-hydrogen) atoms. The molecule has 2 N–H and O–H groups in total. The van der Waals surface area contributed by atoms with Crippen molar-refractivity contribution in [2.45, 2.75) is 46.6 Å². The molecule has 5 nitrogen and oxygen atoms in total. The highest BCUT2D eigenvalue weighted by Gasteiger charge is 2.32. The molecular weight excluding hydrogens is 252 g/mol. The van der Waals surface area contributed by atoms with Crippen LogP contribution >= 0.6 is 0 Å². The van der Waals surface area contributed by atoms with Crippen molar-refractivity contribution in [1.82, 2.24) is 9.03 Å². The van der Waals surface area contributed by atoms with E-state index < -0.39 is 10.2 Å². The van der Waals surface area contributed by atoms with Gasteiger partial charge in [-0.1, -0.05) is 20.8 Å². The van der Waals surface area contributed by atoms with Gasteiger partial charge in [-0.3, -0.25) is 0 Å². The maximum atomic E-state index is 12.2. The molecular formula is C12H26N2O3S. The minimum absolute atomic E-state index is 0.0564. The predicted octanol–water partition coefficient (Wildman–Crippen LogP) is 0.960. The fourth-order valence-electron chi connectivity index (χ4n) is 1.87. The molecule has 0 amide bonds. The fourth-order valence-corrected chi connectivity index (χ4v) is 3.59. The number of piperidine rings is 1. The summed E-state index contributed by atoms with van der Waals surface area (Å²) in [6.45, 7) is 8.92. The Morgan fingerprint density at radius 1 is 1.44 bits per heavy atom. The van der Waals surface area contributed by atoms with E-state index >= 15 is 0 Å². The summed E-state index contributed by atoms with van der Waals surface area (Å²) in [6, 6.07) is -0.128. The molecule has 1 aliphatic heterocycles. The zero-order valence-corrected chi connectivity index (χ0v) is 12.6. The summed E-state index contributed by atoms with van der Waals surface area (Å²) in [5.41, 5.74) is -0.112. The number of nitrogens with one attached hydrogen (secondary N) is 1. The predicted molar refractivity (Wildman–Crippen MR) is 72.4 cm³/mol. The molecule has 1 fully saturated rings. The van der Waals surface area contributed by atoms with E-state index in [1.807, 2.05) is 27.7 Å². The van der Waals surface area contributed by atoms with Gasteiger partial charge in [0.05, 0.1) is 0 Å². The first-order valence-corrected chi connectivity index (χ1v) is 7.99. The van der Waals surface area contributed by atoms with E-state index in [0.717, 1.165) is 12.8 Å². The second-order valence-electron chi connectivity index (χ2n) is 6.26. The molecule has 1 rings (SSSR count). The van der Waals surface area contributed by atoms with Crippen molar-refractivity contribution in [3.63, 3.8) is 0 Å².